The van der Waals surface area contributed by atoms with Crippen LogP contribution in [-0.2, 0) is 16.8 Å². The molecule has 0 saturated heterocycles. The second-order valence-corrected chi connectivity index (χ2v) is 4.38. The largest absolute Gasteiger partial charge is 0.347 e. The molecule has 0 spiro atoms. The monoisotopic (exact) mass is 218 g/mol. The third-order valence-corrected chi connectivity index (χ3v) is 2.66. The molecule has 0 fully saturated rings. The zero-order valence-corrected chi connectivity index (χ0v) is 8.76. The first-order chi connectivity index (χ1) is 6.64. The second-order valence-electron chi connectivity index (χ2n) is 2.80. The molecule has 0 atom stereocenters. The lowest BCUT2D eigenvalue weighted by atomic mass is 10.5. The SMILES string of the molecule is CCCNS(=O)(=O)NCc1cnc[nH]1. The Balaban J connectivity index is 2.37. The summed E-state index contributed by atoms with van der Waals surface area (Å²) in [7, 11) is -3.37. The standard InChI is InChI=1S/C7H14N4O2S/c1-2-3-10-14(12,13)11-5-7-4-8-6-9-7/h4,6,10-11H,2-3,5H2,1H3,(H,8,9). The Bertz CT molecular complexity index is 346. The summed E-state index contributed by atoms with van der Waals surface area (Å²) in [5.41, 5.74) is 0.729. The molecule has 1 rings (SSSR count). The number of imidazole rings is 1. The number of nitrogens with zero attached hydrogens (tertiary/aromatic N) is 1. The molecule has 0 aliphatic rings. The molecule has 0 aliphatic heterocycles. The number of hydrogen-bond acceptors (Lipinski definition) is 3. The van der Waals surface area contributed by atoms with E-state index in [1.54, 1.807) is 6.20 Å². The molecule has 14 heavy (non-hydrogen) atoms. The van der Waals surface area contributed by atoms with E-state index in [2.05, 4.69) is 19.4 Å². The van der Waals surface area contributed by atoms with Crippen LogP contribution in [0.25, 0.3) is 0 Å². The topological polar surface area (TPSA) is 86.9 Å². The Kier molecular flexibility index (Phi) is 4.05. The van der Waals surface area contributed by atoms with Crippen LogP contribution in [0.1, 0.15) is 19.0 Å². The van der Waals surface area contributed by atoms with E-state index in [1.807, 2.05) is 6.92 Å². The molecule has 3 N–H and O–H groups in total. The van der Waals surface area contributed by atoms with Gasteiger partial charge in [0, 0.05) is 18.4 Å². The van der Waals surface area contributed by atoms with E-state index < -0.39 is 10.2 Å². The maximum Gasteiger partial charge on any atom is 0.277 e. The molecule has 7 heteroatoms. The van der Waals surface area contributed by atoms with Crippen molar-refractivity contribution < 1.29 is 8.42 Å². The minimum absolute atomic E-state index is 0.221. The quantitative estimate of drug-likeness (QED) is 0.615. The van der Waals surface area contributed by atoms with Gasteiger partial charge in [-0.2, -0.15) is 13.1 Å². The van der Waals surface area contributed by atoms with E-state index in [-0.39, 0.29) is 6.54 Å². The molecule has 0 bridgehead atoms. The van der Waals surface area contributed by atoms with E-state index in [4.69, 9.17) is 0 Å². The van der Waals surface area contributed by atoms with Gasteiger partial charge < -0.3 is 4.98 Å². The summed E-state index contributed by atoms with van der Waals surface area (Å²) in [5.74, 6) is 0. The Labute approximate surface area is 83.3 Å². The zero-order chi connectivity index (χ0) is 10.4. The minimum Gasteiger partial charge on any atom is -0.347 e. The van der Waals surface area contributed by atoms with Gasteiger partial charge >= 0.3 is 0 Å². The molecule has 0 aliphatic carbocycles. The van der Waals surface area contributed by atoms with Crippen LogP contribution in [-0.4, -0.2) is 24.9 Å². The third-order valence-electron chi connectivity index (χ3n) is 1.55. The number of H-pyrrole nitrogens is 1. The fourth-order valence-corrected chi connectivity index (χ4v) is 1.76. The van der Waals surface area contributed by atoms with E-state index in [0.29, 0.717) is 6.54 Å². The van der Waals surface area contributed by atoms with Crippen molar-refractivity contribution in [1.82, 2.24) is 19.4 Å². The number of aromatic nitrogens is 2. The molecule has 80 valence electrons. The van der Waals surface area contributed by atoms with Crippen molar-refractivity contribution in [2.45, 2.75) is 19.9 Å². The van der Waals surface area contributed by atoms with Gasteiger partial charge in [0.05, 0.1) is 12.9 Å². The lowest BCUT2D eigenvalue weighted by Crippen LogP contribution is -2.36. The number of rotatable bonds is 6. The van der Waals surface area contributed by atoms with Gasteiger partial charge in [0.1, 0.15) is 0 Å². The van der Waals surface area contributed by atoms with Crippen LogP contribution >= 0.6 is 0 Å². The highest BCUT2D eigenvalue weighted by atomic mass is 32.2. The average Bonchev–Trinajstić information content (AvgIpc) is 2.64. The summed E-state index contributed by atoms with van der Waals surface area (Å²) in [6.07, 6.45) is 3.84. The molecule has 1 heterocycles. The summed E-state index contributed by atoms with van der Waals surface area (Å²) < 4.78 is 27.2. The Morgan fingerprint density at radius 1 is 1.50 bits per heavy atom. The maximum atomic E-state index is 11.2. The van der Waals surface area contributed by atoms with Gasteiger partial charge in [-0.15, -0.1) is 0 Å². The molecule has 1 aromatic rings. The molecular weight excluding hydrogens is 204 g/mol. The van der Waals surface area contributed by atoms with E-state index >= 15 is 0 Å². The van der Waals surface area contributed by atoms with Crippen molar-refractivity contribution in [1.29, 1.82) is 0 Å². The molecule has 1 aromatic heterocycles. The van der Waals surface area contributed by atoms with Gasteiger partial charge in [-0.1, -0.05) is 6.92 Å². The summed E-state index contributed by atoms with van der Waals surface area (Å²) in [5, 5.41) is 0. The second kappa shape index (κ2) is 5.08. The highest BCUT2D eigenvalue weighted by Gasteiger charge is 2.07. The predicted octanol–water partition coefficient (Wildman–Crippen LogP) is -0.256. The minimum atomic E-state index is -3.37. The number of nitrogens with one attached hydrogen (secondary N) is 3. The summed E-state index contributed by atoms with van der Waals surface area (Å²) >= 11 is 0. The van der Waals surface area contributed by atoms with Crippen LogP contribution in [0.2, 0.25) is 0 Å². The molecule has 0 aromatic carbocycles. The smallest absolute Gasteiger partial charge is 0.277 e. The van der Waals surface area contributed by atoms with E-state index in [0.717, 1.165) is 12.1 Å². The number of hydrogen-bond donors (Lipinski definition) is 3. The summed E-state index contributed by atoms with van der Waals surface area (Å²) in [6.45, 7) is 2.56. The van der Waals surface area contributed by atoms with Crippen molar-refractivity contribution in [3.8, 4) is 0 Å². The lowest BCUT2D eigenvalue weighted by Gasteiger charge is -2.05. The molecule has 6 nitrogen and oxygen atoms in total. The Morgan fingerprint density at radius 2 is 2.29 bits per heavy atom. The van der Waals surface area contributed by atoms with Gasteiger partial charge in [-0.25, -0.2) is 9.71 Å². The Hall–Kier alpha value is -0.920. The zero-order valence-electron chi connectivity index (χ0n) is 7.95. The van der Waals surface area contributed by atoms with Gasteiger partial charge in [0.2, 0.25) is 0 Å². The average molecular weight is 218 g/mol. The van der Waals surface area contributed by atoms with E-state index in [1.165, 1.54) is 6.33 Å². The molecule has 0 amide bonds. The van der Waals surface area contributed by atoms with E-state index in [9.17, 15) is 8.42 Å². The van der Waals surface area contributed by atoms with Gasteiger partial charge in [0.25, 0.3) is 10.2 Å². The highest BCUT2D eigenvalue weighted by molar-refractivity contribution is 7.87. The van der Waals surface area contributed by atoms with Crippen LogP contribution in [0.4, 0.5) is 0 Å². The summed E-state index contributed by atoms with van der Waals surface area (Å²) in [6, 6.07) is 0. The fraction of sp³-hybridized carbons (Fsp3) is 0.571. The highest BCUT2D eigenvalue weighted by Crippen LogP contribution is 1.90. The molecule has 0 radical (unpaired) electrons. The lowest BCUT2D eigenvalue weighted by molar-refractivity contribution is 0.564. The Morgan fingerprint density at radius 3 is 2.86 bits per heavy atom. The van der Waals surface area contributed by atoms with Gasteiger partial charge in [-0.05, 0) is 6.42 Å². The first kappa shape index (κ1) is 11.2. The van der Waals surface area contributed by atoms with Crippen LogP contribution in [0.15, 0.2) is 12.5 Å². The third kappa shape index (κ3) is 3.86. The van der Waals surface area contributed by atoms with Gasteiger partial charge in [0.15, 0.2) is 0 Å². The van der Waals surface area contributed by atoms with Crippen LogP contribution in [0.3, 0.4) is 0 Å². The molecular formula is C7H14N4O2S. The normalized spacial score (nSPS) is 11.8. The van der Waals surface area contributed by atoms with Crippen molar-refractivity contribution in [2.75, 3.05) is 6.54 Å². The van der Waals surface area contributed by atoms with Gasteiger partial charge in [-0.3, -0.25) is 0 Å². The van der Waals surface area contributed by atoms with Crippen LogP contribution in [0.5, 0.6) is 0 Å². The molecule has 0 unspecified atom stereocenters. The van der Waals surface area contributed by atoms with Crippen molar-refractivity contribution >= 4 is 10.2 Å². The first-order valence-electron chi connectivity index (χ1n) is 4.35. The predicted molar refractivity (Wildman–Crippen MR) is 52.6 cm³/mol. The maximum absolute atomic E-state index is 11.2. The van der Waals surface area contributed by atoms with Crippen LogP contribution in [0, 0.1) is 0 Å². The summed E-state index contributed by atoms with van der Waals surface area (Å²) in [4.78, 5) is 6.57. The molecule has 0 saturated carbocycles. The van der Waals surface area contributed by atoms with Crippen LogP contribution < -0.4 is 9.44 Å². The van der Waals surface area contributed by atoms with Crippen molar-refractivity contribution in [2.24, 2.45) is 0 Å². The number of aromatic amines is 1. The van der Waals surface area contributed by atoms with Crippen molar-refractivity contribution in [3.05, 3.63) is 18.2 Å². The van der Waals surface area contributed by atoms with Crippen molar-refractivity contribution in [3.63, 3.8) is 0 Å². The first-order valence-corrected chi connectivity index (χ1v) is 5.84. The fourth-order valence-electron chi connectivity index (χ4n) is 0.842.